The number of likely N-dealkylation sites (tertiary alicyclic amines) is 1. The molecule has 0 aromatic carbocycles. The van der Waals surface area contributed by atoms with Crippen LogP contribution in [0.5, 0.6) is 0 Å². The molecule has 1 heterocycles. The van der Waals surface area contributed by atoms with Gasteiger partial charge in [0.05, 0.1) is 0 Å². The zero-order valence-electron chi connectivity index (χ0n) is 11.8. The van der Waals surface area contributed by atoms with Gasteiger partial charge in [-0.1, -0.05) is 27.7 Å². The van der Waals surface area contributed by atoms with Gasteiger partial charge in [-0.05, 0) is 44.7 Å². The Bertz CT molecular complexity index is 191. The summed E-state index contributed by atoms with van der Waals surface area (Å²) in [5, 5.41) is 3.70. The van der Waals surface area contributed by atoms with Gasteiger partial charge < -0.3 is 10.2 Å². The number of nitrogens with one attached hydrogen (secondary N) is 1. The van der Waals surface area contributed by atoms with Crippen molar-refractivity contribution in [3.8, 4) is 0 Å². The Labute approximate surface area is 102 Å². The molecule has 0 amide bonds. The number of nitrogens with zero attached hydrogens (tertiary/aromatic N) is 1. The van der Waals surface area contributed by atoms with Gasteiger partial charge in [0.25, 0.3) is 0 Å². The van der Waals surface area contributed by atoms with Crippen molar-refractivity contribution in [3.05, 3.63) is 0 Å². The minimum atomic E-state index is 0.727. The van der Waals surface area contributed by atoms with Gasteiger partial charge in [0, 0.05) is 18.6 Å². The number of hydrogen-bond acceptors (Lipinski definition) is 2. The van der Waals surface area contributed by atoms with Gasteiger partial charge in [-0.25, -0.2) is 0 Å². The smallest absolute Gasteiger partial charge is 0.0120 e. The fourth-order valence-electron chi connectivity index (χ4n) is 2.78. The molecule has 0 bridgehead atoms. The summed E-state index contributed by atoms with van der Waals surface area (Å²) < 4.78 is 0. The first kappa shape index (κ1) is 14.0. The van der Waals surface area contributed by atoms with Gasteiger partial charge in [-0.15, -0.1) is 0 Å². The minimum absolute atomic E-state index is 0.727. The molecule has 1 rings (SSSR count). The van der Waals surface area contributed by atoms with Crippen LogP contribution in [-0.4, -0.2) is 36.6 Å². The number of rotatable bonds is 5. The Hall–Kier alpha value is -0.0800. The van der Waals surface area contributed by atoms with Crippen LogP contribution in [0.1, 0.15) is 47.5 Å². The Balaban J connectivity index is 2.44. The van der Waals surface area contributed by atoms with Crippen LogP contribution in [0.3, 0.4) is 0 Å². The van der Waals surface area contributed by atoms with E-state index in [1.807, 2.05) is 0 Å². The zero-order chi connectivity index (χ0) is 12.1. The van der Waals surface area contributed by atoms with Crippen molar-refractivity contribution in [3.63, 3.8) is 0 Å². The molecule has 0 aromatic heterocycles. The van der Waals surface area contributed by atoms with Gasteiger partial charge in [-0.2, -0.15) is 0 Å². The third kappa shape index (κ3) is 3.74. The highest BCUT2D eigenvalue weighted by atomic mass is 15.2. The molecule has 96 valence electrons. The van der Waals surface area contributed by atoms with Crippen LogP contribution in [0.15, 0.2) is 0 Å². The molecule has 1 saturated heterocycles. The van der Waals surface area contributed by atoms with E-state index in [1.165, 1.54) is 32.5 Å². The van der Waals surface area contributed by atoms with E-state index in [-0.39, 0.29) is 0 Å². The second-order valence-corrected chi connectivity index (χ2v) is 5.84. The molecule has 1 fully saturated rings. The Kier molecular flexibility index (Phi) is 5.77. The molecule has 0 radical (unpaired) electrons. The van der Waals surface area contributed by atoms with Crippen LogP contribution >= 0.6 is 0 Å². The third-order valence-electron chi connectivity index (χ3n) is 3.96. The molecule has 0 spiro atoms. The average molecular weight is 226 g/mol. The van der Waals surface area contributed by atoms with Crippen LogP contribution in [0.2, 0.25) is 0 Å². The molecule has 1 aliphatic heterocycles. The second kappa shape index (κ2) is 6.61. The molecule has 0 aromatic rings. The molecule has 3 atom stereocenters. The molecule has 0 aliphatic carbocycles. The maximum Gasteiger partial charge on any atom is 0.0120 e. The average Bonchev–Trinajstić information content (AvgIpc) is 2.23. The predicted molar refractivity (Wildman–Crippen MR) is 71.7 cm³/mol. The van der Waals surface area contributed by atoms with E-state index in [0.717, 1.165) is 23.9 Å². The standard InChI is InChI=1S/C14H30N2/c1-6-8-15-14-7-9-16(10-11(2)3)13(5)12(14)4/h11-15H,6-10H2,1-5H3. The Morgan fingerprint density at radius 2 is 2.00 bits per heavy atom. The lowest BCUT2D eigenvalue weighted by molar-refractivity contribution is 0.0747. The molecule has 0 saturated carbocycles. The van der Waals surface area contributed by atoms with Gasteiger partial charge in [-0.3, -0.25) is 0 Å². The topological polar surface area (TPSA) is 15.3 Å². The van der Waals surface area contributed by atoms with E-state index in [9.17, 15) is 0 Å². The summed E-state index contributed by atoms with van der Waals surface area (Å²) in [6, 6.07) is 1.46. The minimum Gasteiger partial charge on any atom is -0.314 e. The molecular formula is C14H30N2. The van der Waals surface area contributed by atoms with Crippen molar-refractivity contribution < 1.29 is 0 Å². The molecule has 2 nitrogen and oxygen atoms in total. The molecule has 1 aliphatic rings. The Morgan fingerprint density at radius 3 is 2.56 bits per heavy atom. The molecule has 2 heteroatoms. The normalized spacial score (nSPS) is 32.2. The lowest BCUT2D eigenvalue weighted by atomic mass is 9.86. The van der Waals surface area contributed by atoms with Crippen molar-refractivity contribution in [2.45, 2.75) is 59.5 Å². The van der Waals surface area contributed by atoms with Crippen LogP contribution in [0, 0.1) is 11.8 Å². The first-order chi connectivity index (χ1) is 7.56. The highest BCUT2D eigenvalue weighted by molar-refractivity contribution is 4.88. The highest BCUT2D eigenvalue weighted by Crippen LogP contribution is 2.24. The third-order valence-corrected chi connectivity index (χ3v) is 3.96. The summed E-state index contributed by atoms with van der Waals surface area (Å²) in [6.07, 6.45) is 2.56. The SMILES string of the molecule is CCCNC1CCN(CC(C)C)C(C)C1C. The van der Waals surface area contributed by atoms with Gasteiger partial charge >= 0.3 is 0 Å². The largest absolute Gasteiger partial charge is 0.314 e. The first-order valence-electron chi connectivity index (χ1n) is 7.03. The molecule has 16 heavy (non-hydrogen) atoms. The lowest BCUT2D eigenvalue weighted by Gasteiger charge is -2.43. The van der Waals surface area contributed by atoms with Crippen LogP contribution in [-0.2, 0) is 0 Å². The van der Waals surface area contributed by atoms with Crippen LogP contribution in [0.25, 0.3) is 0 Å². The van der Waals surface area contributed by atoms with Crippen molar-refractivity contribution >= 4 is 0 Å². The highest BCUT2D eigenvalue weighted by Gasteiger charge is 2.31. The number of hydrogen-bond donors (Lipinski definition) is 1. The van der Waals surface area contributed by atoms with Crippen LogP contribution in [0.4, 0.5) is 0 Å². The summed E-state index contributed by atoms with van der Waals surface area (Å²) >= 11 is 0. The van der Waals surface area contributed by atoms with Crippen LogP contribution < -0.4 is 5.32 Å². The van der Waals surface area contributed by atoms with Gasteiger partial charge in [0.1, 0.15) is 0 Å². The van der Waals surface area contributed by atoms with Crippen molar-refractivity contribution in [2.24, 2.45) is 11.8 Å². The van der Waals surface area contributed by atoms with E-state index in [0.29, 0.717) is 0 Å². The van der Waals surface area contributed by atoms with Crippen molar-refractivity contribution in [2.75, 3.05) is 19.6 Å². The van der Waals surface area contributed by atoms with Crippen molar-refractivity contribution in [1.29, 1.82) is 0 Å². The van der Waals surface area contributed by atoms with Gasteiger partial charge in [0.2, 0.25) is 0 Å². The number of piperidine rings is 1. The summed E-state index contributed by atoms with van der Waals surface area (Å²) in [7, 11) is 0. The van der Waals surface area contributed by atoms with Crippen molar-refractivity contribution in [1.82, 2.24) is 10.2 Å². The maximum atomic E-state index is 3.70. The summed E-state index contributed by atoms with van der Waals surface area (Å²) in [5.41, 5.74) is 0. The molecule has 3 unspecified atom stereocenters. The predicted octanol–water partition coefficient (Wildman–Crippen LogP) is 2.74. The quantitative estimate of drug-likeness (QED) is 0.775. The monoisotopic (exact) mass is 226 g/mol. The fraction of sp³-hybridized carbons (Fsp3) is 1.00. The van der Waals surface area contributed by atoms with Gasteiger partial charge in [0.15, 0.2) is 0 Å². The summed E-state index contributed by atoms with van der Waals surface area (Å²) in [4.78, 5) is 2.67. The summed E-state index contributed by atoms with van der Waals surface area (Å²) in [6.45, 7) is 15.4. The van der Waals surface area contributed by atoms with E-state index in [1.54, 1.807) is 0 Å². The van der Waals surface area contributed by atoms with E-state index in [4.69, 9.17) is 0 Å². The lowest BCUT2D eigenvalue weighted by Crippen LogP contribution is -2.54. The molecule has 1 N–H and O–H groups in total. The summed E-state index contributed by atoms with van der Waals surface area (Å²) in [5.74, 6) is 1.56. The van der Waals surface area contributed by atoms with E-state index in [2.05, 4.69) is 44.8 Å². The zero-order valence-corrected chi connectivity index (χ0v) is 11.8. The first-order valence-corrected chi connectivity index (χ1v) is 7.03. The van der Waals surface area contributed by atoms with E-state index >= 15 is 0 Å². The Morgan fingerprint density at radius 1 is 1.31 bits per heavy atom. The molecular weight excluding hydrogens is 196 g/mol. The van der Waals surface area contributed by atoms with E-state index < -0.39 is 0 Å². The second-order valence-electron chi connectivity index (χ2n) is 5.84. The maximum absolute atomic E-state index is 3.70. The fourth-order valence-corrected chi connectivity index (χ4v) is 2.78.